The lowest BCUT2D eigenvalue weighted by molar-refractivity contribution is -0.119. The number of methoxy groups -OCH3 is 1. The van der Waals surface area contributed by atoms with Gasteiger partial charge in [0.1, 0.15) is 11.6 Å². The molecule has 0 bridgehead atoms. The zero-order valence-corrected chi connectivity index (χ0v) is 17.1. The second kappa shape index (κ2) is 6.99. The highest BCUT2D eigenvalue weighted by Gasteiger charge is 2.33. The quantitative estimate of drug-likeness (QED) is 0.723. The summed E-state index contributed by atoms with van der Waals surface area (Å²) in [7, 11) is 1.78. The van der Waals surface area contributed by atoms with Crippen LogP contribution in [0.3, 0.4) is 0 Å². The van der Waals surface area contributed by atoms with Gasteiger partial charge in [0, 0.05) is 25.1 Å². The van der Waals surface area contributed by atoms with Crippen LogP contribution in [0.1, 0.15) is 61.5 Å². The van der Waals surface area contributed by atoms with Gasteiger partial charge in [0.2, 0.25) is 5.91 Å². The summed E-state index contributed by atoms with van der Waals surface area (Å²) in [6.45, 7) is 3.89. The molecule has 1 saturated carbocycles. The Kier molecular flexibility index (Phi) is 4.42. The van der Waals surface area contributed by atoms with Crippen LogP contribution in [0.15, 0.2) is 22.7 Å². The van der Waals surface area contributed by atoms with Gasteiger partial charge in [-0.25, -0.2) is 4.98 Å². The Balaban J connectivity index is 1.63. The van der Waals surface area contributed by atoms with Crippen LogP contribution in [0.4, 0.5) is 0 Å². The fourth-order valence-electron chi connectivity index (χ4n) is 4.97. The topological polar surface area (TPSA) is 82.2 Å². The van der Waals surface area contributed by atoms with Crippen molar-refractivity contribution in [3.8, 4) is 11.1 Å². The molecule has 7 heteroatoms. The van der Waals surface area contributed by atoms with Crippen molar-refractivity contribution in [2.24, 2.45) is 0 Å². The second-order valence-electron chi connectivity index (χ2n) is 8.23. The van der Waals surface area contributed by atoms with Crippen LogP contribution in [0.2, 0.25) is 0 Å². The third-order valence-electron chi connectivity index (χ3n) is 6.40. The highest BCUT2D eigenvalue weighted by molar-refractivity contribution is 5.84. The van der Waals surface area contributed by atoms with Crippen LogP contribution >= 0.6 is 0 Å². The number of rotatable bonds is 4. The Morgan fingerprint density at radius 1 is 1.24 bits per heavy atom. The minimum absolute atomic E-state index is 0.0287. The number of aryl methyl sites for hydroxylation is 2. The van der Waals surface area contributed by atoms with E-state index in [4.69, 9.17) is 14.2 Å². The molecule has 1 N–H and O–H groups in total. The van der Waals surface area contributed by atoms with E-state index in [0.29, 0.717) is 12.5 Å². The van der Waals surface area contributed by atoms with Gasteiger partial charge < -0.3 is 19.1 Å². The molecule has 1 amide bonds. The van der Waals surface area contributed by atoms with Crippen LogP contribution in [-0.4, -0.2) is 33.8 Å². The van der Waals surface area contributed by atoms with E-state index in [2.05, 4.69) is 33.2 Å². The lowest BCUT2D eigenvalue weighted by atomic mass is 10.0. The van der Waals surface area contributed by atoms with E-state index in [1.165, 1.54) is 0 Å². The van der Waals surface area contributed by atoms with Crippen LogP contribution in [0.5, 0.6) is 0 Å². The molecule has 5 rings (SSSR count). The Morgan fingerprint density at radius 3 is 2.76 bits per heavy atom. The van der Waals surface area contributed by atoms with Gasteiger partial charge in [-0.3, -0.25) is 4.79 Å². The fourth-order valence-corrected chi connectivity index (χ4v) is 4.97. The first kappa shape index (κ1) is 18.4. The number of hydrogen-bond acceptors (Lipinski definition) is 5. The summed E-state index contributed by atoms with van der Waals surface area (Å²) in [5, 5.41) is 7.19. The van der Waals surface area contributed by atoms with Crippen LogP contribution in [0, 0.1) is 13.8 Å². The van der Waals surface area contributed by atoms with E-state index >= 15 is 0 Å². The van der Waals surface area contributed by atoms with Gasteiger partial charge >= 0.3 is 0 Å². The van der Waals surface area contributed by atoms with E-state index in [1.54, 1.807) is 7.11 Å². The van der Waals surface area contributed by atoms with Crippen molar-refractivity contribution in [2.75, 3.05) is 7.11 Å². The van der Waals surface area contributed by atoms with Gasteiger partial charge in [-0.05, 0) is 57.2 Å². The maximum atomic E-state index is 11.9. The fraction of sp³-hybridized carbons (Fsp3) is 0.500. The van der Waals surface area contributed by atoms with Gasteiger partial charge in [-0.1, -0.05) is 11.2 Å². The number of carbonyl (C=O) groups excluding carboxylic acids is 1. The number of imidazole rings is 1. The first-order valence-electron chi connectivity index (χ1n) is 10.3. The Bertz CT molecular complexity index is 1060. The van der Waals surface area contributed by atoms with Crippen molar-refractivity contribution < 1.29 is 14.1 Å². The summed E-state index contributed by atoms with van der Waals surface area (Å²) < 4.78 is 13.3. The number of ether oxygens (including phenoxy) is 1. The first-order chi connectivity index (χ1) is 14.0. The molecule has 2 aliphatic rings. The number of benzene rings is 1. The van der Waals surface area contributed by atoms with E-state index in [-0.39, 0.29) is 18.1 Å². The Labute approximate surface area is 169 Å². The average Bonchev–Trinajstić information content (AvgIpc) is 3.47. The zero-order valence-electron chi connectivity index (χ0n) is 17.1. The summed E-state index contributed by atoms with van der Waals surface area (Å²) >= 11 is 0. The summed E-state index contributed by atoms with van der Waals surface area (Å²) in [6, 6.07) is 6.68. The SMILES string of the molecule is COC1CC[C@@H](n2c([C@@H]3CCC(=O)N3)nc3cc(-c4c(C)noc4C)ccc32)C1. The molecule has 3 aromatic rings. The summed E-state index contributed by atoms with van der Waals surface area (Å²) in [4.78, 5) is 16.9. The van der Waals surface area contributed by atoms with Crippen molar-refractivity contribution in [1.82, 2.24) is 20.0 Å². The lowest BCUT2D eigenvalue weighted by Crippen LogP contribution is -2.23. The number of aromatic nitrogens is 3. The zero-order chi connectivity index (χ0) is 20.1. The molecule has 3 atom stereocenters. The first-order valence-corrected chi connectivity index (χ1v) is 10.3. The van der Waals surface area contributed by atoms with Crippen LogP contribution < -0.4 is 5.32 Å². The molecule has 3 heterocycles. The molecule has 1 unspecified atom stereocenters. The van der Waals surface area contributed by atoms with Gasteiger partial charge in [-0.15, -0.1) is 0 Å². The van der Waals surface area contributed by atoms with Gasteiger partial charge in [-0.2, -0.15) is 0 Å². The van der Waals surface area contributed by atoms with Crippen LogP contribution in [0.25, 0.3) is 22.2 Å². The minimum atomic E-state index is -0.0287. The second-order valence-corrected chi connectivity index (χ2v) is 8.23. The minimum Gasteiger partial charge on any atom is -0.381 e. The van der Waals surface area contributed by atoms with Gasteiger partial charge in [0.15, 0.2) is 0 Å². The van der Waals surface area contributed by atoms with E-state index < -0.39 is 0 Å². The van der Waals surface area contributed by atoms with Crippen molar-refractivity contribution in [2.45, 2.75) is 64.1 Å². The molecule has 1 aliphatic heterocycles. The average molecular weight is 394 g/mol. The van der Waals surface area contributed by atoms with E-state index in [0.717, 1.165) is 65.1 Å². The standard InChI is InChI=1S/C22H26N4O3/c1-12-21(13(2)29-25-12)14-4-8-19-18(10-14)24-22(17-7-9-20(27)23-17)26(19)15-5-6-16(11-15)28-3/h4,8,10,15-17H,5-7,9,11H2,1-3H3,(H,23,27)/t15-,16?,17+/m1/s1. The number of fused-ring (bicyclic) bond motifs is 1. The third-order valence-corrected chi connectivity index (χ3v) is 6.40. The predicted molar refractivity (Wildman–Crippen MR) is 109 cm³/mol. The lowest BCUT2D eigenvalue weighted by Gasteiger charge is -2.20. The predicted octanol–water partition coefficient (Wildman–Crippen LogP) is 4.00. The monoisotopic (exact) mass is 394 g/mol. The molecular formula is C22H26N4O3. The molecule has 152 valence electrons. The summed E-state index contributed by atoms with van der Waals surface area (Å²) in [5.41, 5.74) is 5.01. The van der Waals surface area contributed by atoms with E-state index in [1.807, 2.05) is 13.8 Å². The largest absolute Gasteiger partial charge is 0.381 e. The number of amides is 1. The van der Waals surface area contributed by atoms with E-state index in [9.17, 15) is 4.79 Å². The molecule has 1 aliphatic carbocycles. The van der Waals surface area contributed by atoms with Crippen molar-refractivity contribution in [1.29, 1.82) is 0 Å². The van der Waals surface area contributed by atoms with Crippen molar-refractivity contribution in [3.05, 3.63) is 35.5 Å². The van der Waals surface area contributed by atoms with Gasteiger partial charge in [0.25, 0.3) is 0 Å². The van der Waals surface area contributed by atoms with Crippen molar-refractivity contribution >= 4 is 16.9 Å². The third kappa shape index (κ3) is 3.04. The summed E-state index contributed by atoms with van der Waals surface area (Å²) in [6.07, 6.45) is 4.71. The summed E-state index contributed by atoms with van der Waals surface area (Å²) in [5.74, 6) is 1.87. The molecular weight excluding hydrogens is 368 g/mol. The number of nitrogens with one attached hydrogen (secondary N) is 1. The molecule has 2 aromatic heterocycles. The molecule has 1 aromatic carbocycles. The normalized spacial score (nSPS) is 24.5. The Hall–Kier alpha value is -2.67. The highest BCUT2D eigenvalue weighted by atomic mass is 16.5. The molecule has 2 fully saturated rings. The smallest absolute Gasteiger partial charge is 0.220 e. The maximum absolute atomic E-state index is 11.9. The molecule has 7 nitrogen and oxygen atoms in total. The number of carbonyl (C=O) groups is 1. The molecule has 0 radical (unpaired) electrons. The maximum Gasteiger partial charge on any atom is 0.220 e. The molecule has 29 heavy (non-hydrogen) atoms. The molecule has 0 spiro atoms. The number of nitrogens with zero attached hydrogens (tertiary/aromatic N) is 3. The highest BCUT2D eigenvalue weighted by Crippen LogP contribution is 2.39. The Morgan fingerprint density at radius 2 is 2.10 bits per heavy atom. The van der Waals surface area contributed by atoms with Gasteiger partial charge in [0.05, 0.1) is 28.9 Å². The number of hydrogen-bond donors (Lipinski definition) is 1. The van der Waals surface area contributed by atoms with Crippen LogP contribution in [-0.2, 0) is 9.53 Å². The molecule has 1 saturated heterocycles. The van der Waals surface area contributed by atoms with Crippen molar-refractivity contribution in [3.63, 3.8) is 0 Å².